The van der Waals surface area contributed by atoms with Crippen LogP contribution in [0.4, 0.5) is 5.69 Å². The summed E-state index contributed by atoms with van der Waals surface area (Å²) in [6, 6.07) is 5.32. The van der Waals surface area contributed by atoms with Crippen LogP contribution in [0.15, 0.2) is 18.2 Å². The smallest absolute Gasteiger partial charge is 0.315 e. The van der Waals surface area contributed by atoms with Crippen molar-refractivity contribution in [3.63, 3.8) is 0 Å². The Labute approximate surface area is 110 Å². The summed E-state index contributed by atoms with van der Waals surface area (Å²) in [6.45, 7) is 3.22. The van der Waals surface area contributed by atoms with Gasteiger partial charge in [0.15, 0.2) is 0 Å². The molecule has 1 unspecified atom stereocenters. The second kappa shape index (κ2) is 4.72. The van der Waals surface area contributed by atoms with Gasteiger partial charge < -0.3 is 15.0 Å². The zero-order chi connectivity index (χ0) is 14.2. The summed E-state index contributed by atoms with van der Waals surface area (Å²) in [4.78, 5) is 31.5. The molecular formula is C13H15N3O3. The van der Waals surface area contributed by atoms with Crippen LogP contribution >= 0.6 is 0 Å². The summed E-state index contributed by atoms with van der Waals surface area (Å²) in [5.41, 5.74) is 2.26. The van der Waals surface area contributed by atoms with Crippen molar-refractivity contribution in [3.05, 3.63) is 24.0 Å². The Morgan fingerprint density at radius 1 is 1.42 bits per heavy atom. The number of benzene rings is 1. The highest BCUT2D eigenvalue weighted by molar-refractivity contribution is 6.05. The van der Waals surface area contributed by atoms with Gasteiger partial charge in [-0.15, -0.1) is 0 Å². The van der Waals surface area contributed by atoms with Crippen molar-refractivity contribution >= 4 is 28.6 Å². The maximum absolute atomic E-state index is 11.9. The van der Waals surface area contributed by atoms with Gasteiger partial charge in [-0.05, 0) is 32.0 Å². The van der Waals surface area contributed by atoms with Gasteiger partial charge in [-0.3, -0.25) is 9.59 Å². The largest absolute Gasteiger partial charge is 0.481 e. The molecule has 6 heteroatoms. The predicted molar refractivity (Wildman–Crippen MR) is 71.0 cm³/mol. The van der Waals surface area contributed by atoms with Gasteiger partial charge in [0.25, 0.3) is 0 Å². The Bertz CT molecular complexity index is 648. The summed E-state index contributed by atoms with van der Waals surface area (Å²) in [6.07, 6.45) is 0. The van der Waals surface area contributed by atoms with E-state index in [1.54, 1.807) is 25.2 Å². The molecule has 0 aliphatic carbocycles. The number of hydrogen-bond donors (Lipinski definition) is 2. The van der Waals surface area contributed by atoms with Crippen molar-refractivity contribution in [2.24, 2.45) is 5.92 Å². The third kappa shape index (κ3) is 2.42. The van der Waals surface area contributed by atoms with E-state index >= 15 is 0 Å². The van der Waals surface area contributed by atoms with E-state index in [1.165, 1.54) is 11.8 Å². The van der Waals surface area contributed by atoms with E-state index in [-0.39, 0.29) is 0 Å². The number of H-pyrrole nitrogens is 1. The number of rotatable bonds is 3. The number of fused-ring (bicyclic) bond motifs is 1. The topological polar surface area (TPSA) is 86.3 Å². The highest BCUT2D eigenvalue weighted by Crippen LogP contribution is 2.21. The van der Waals surface area contributed by atoms with Gasteiger partial charge in [0.1, 0.15) is 11.7 Å². The summed E-state index contributed by atoms with van der Waals surface area (Å²) < 4.78 is 0. The normalized spacial score (nSPS) is 12.4. The van der Waals surface area contributed by atoms with Gasteiger partial charge in [0.2, 0.25) is 5.91 Å². The number of imidazole rings is 1. The van der Waals surface area contributed by atoms with Crippen LogP contribution in [0.3, 0.4) is 0 Å². The molecule has 6 nitrogen and oxygen atoms in total. The Hall–Kier alpha value is -2.37. The van der Waals surface area contributed by atoms with Gasteiger partial charge in [-0.25, -0.2) is 4.98 Å². The maximum atomic E-state index is 11.9. The third-order valence-electron chi connectivity index (χ3n) is 3.04. The molecule has 0 bridgehead atoms. The lowest BCUT2D eigenvalue weighted by atomic mass is 10.1. The Morgan fingerprint density at radius 2 is 2.11 bits per heavy atom. The number of carbonyl (C=O) groups excluding carboxylic acids is 1. The molecule has 1 aromatic carbocycles. The Balaban J connectivity index is 2.33. The number of anilines is 1. The molecule has 0 spiro atoms. The lowest BCUT2D eigenvalue weighted by Gasteiger charge is -2.19. The summed E-state index contributed by atoms with van der Waals surface area (Å²) >= 11 is 0. The number of amides is 1. The fourth-order valence-electron chi connectivity index (χ4n) is 1.86. The fraction of sp³-hybridized carbons (Fsp3) is 0.308. The van der Waals surface area contributed by atoms with Crippen molar-refractivity contribution in [2.45, 2.75) is 13.8 Å². The number of carbonyl (C=O) groups is 2. The monoisotopic (exact) mass is 261 g/mol. The van der Waals surface area contributed by atoms with E-state index in [4.69, 9.17) is 5.11 Å². The van der Waals surface area contributed by atoms with Crippen LogP contribution in [0.25, 0.3) is 11.0 Å². The van der Waals surface area contributed by atoms with Crippen molar-refractivity contribution in [2.75, 3.05) is 11.9 Å². The molecule has 19 heavy (non-hydrogen) atoms. The molecule has 1 atom stereocenters. The van der Waals surface area contributed by atoms with Crippen LogP contribution in [-0.4, -0.2) is 34.0 Å². The molecule has 0 aliphatic heterocycles. The molecule has 0 fully saturated rings. The molecule has 0 radical (unpaired) electrons. The minimum Gasteiger partial charge on any atom is -0.481 e. The molecule has 100 valence electrons. The van der Waals surface area contributed by atoms with E-state index in [1.807, 2.05) is 6.92 Å². The number of aryl methyl sites for hydroxylation is 1. The Morgan fingerprint density at radius 3 is 2.74 bits per heavy atom. The first-order chi connectivity index (χ1) is 8.90. The minimum absolute atomic E-state index is 0.455. The lowest BCUT2D eigenvalue weighted by Crippen LogP contribution is -2.35. The number of nitrogens with zero attached hydrogens (tertiary/aromatic N) is 2. The molecule has 0 saturated carbocycles. The minimum atomic E-state index is -1.13. The second-order valence-corrected chi connectivity index (χ2v) is 4.48. The first-order valence-corrected chi connectivity index (χ1v) is 5.87. The van der Waals surface area contributed by atoms with Gasteiger partial charge in [0, 0.05) is 12.7 Å². The molecule has 2 rings (SSSR count). The second-order valence-electron chi connectivity index (χ2n) is 4.48. The number of hydrogen-bond acceptors (Lipinski definition) is 3. The van der Waals surface area contributed by atoms with Crippen LogP contribution in [0.2, 0.25) is 0 Å². The number of carboxylic acids is 1. The van der Waals surface area contributed by atoms with Gasteiger partial charge in [-0.1, -0.05) is 0 Å². The number of carboxylic acid groups (broad SMARTS) is 1. The molecule has 1 amide bonds. The van der Waals surface area contributed by atoms with Crippen LogP contribution < -0.4 is 4.90 Å². The van der Waals surface area contributed by atoms with Crippen LogP contribution in [-0.2, 0) is 9.59 Å². The quantitative estimate of drug-likeness (QED) is 0.821. The molecule has 2 aromatic rings. The van der Waals surface area contributed by atoms with Gasteiger partial charge in [-0.2, -0.15) is 0 Å². The lowest BCUT2D eigenvalue weighted by molar-refractivity contribution is -0.145. The number of nitrogens with one attached hydrogen (secondary N) is 1. The van der Waals surface area contributed by atoms with E-state index in [0.717, 1.165) is 16.9 Å². The average molecular weight is 261 g/mol. The standard InChI is InChI=1S/C13H15N3O3/c1-7(13(18)19)12(17)16(3)9-4-5-10-11(6-9)15-8(2)14-10/h4-7H,1-3H3,(H,14,15)(H,18,19). The van der Waals surface area contributed by atoms with Crippen LogP contribution in [0.5, 0.6) is 0 Å². The zero-order valence-electron chi connectivity index (χ0n) is 11.0. The van der Waals surface area contributed by atoms with E-state index in [0.29, 0.717) is 5.69 Å². The molecule has 0 saturated heterocycles. The van der Waals surface area contributed by atoms with E-state index in [9.17, 15) is 9.59 Å². The van der Waals surface area contributed by atoms with Gasteiger partial charge in [0.05, 0.1) is 11.0 Å². The molecule has 2 N–H and O–H groups in total. The first kappa shape index (κ1) is 13.1. The SMILES string of the molecule is Cc1nc2ccc(N(C)C(=O)C(C)C(=O)O)cc2[nH]1. The number of aromatic amines is 1. The summed E-state index contributed by atoms with van der Waals surface area (Å²) in [7, 11) is 1.56. The van der Waals surface area contributed by atoms with Gasteiger partial charge >= 0.3 is 5.97 Å². The third-order valence-corrected chi connectivity index (χ3v) is 3.04. The van der Waals surface area contributed by atoms with Crippen molar-refractivity contribution in [1.29, 1.82) is 0 Å². The summed E-state index contributed by atoms with van der Waals surface area (Å²) in [5.74, 6) is -1.86. The first-order valence-electron chi connectivity index (χ1n) is 5.87. The molecule has 1 aromatic heterocycles. The number of aromatic nitrogens is 2. The molecule has 0 aliphatic rings. The van der Waals surface area contributed by atoms with E-state index < -0.39 is 17.8 Å². The molecular weight excluding hydrogens is 246 g/mol. The predicted octanol–water partition coefficient (Wildman–Crippen LogP) is 1.55. The van der Waals surface area contributed by atoms with Crippen molar-refractivity contribution < 1.29 is 14.7 Å². The molecule has 1 heterocycles. The van der Waals surface area contributed by atoms with Crippen LogP contribution in [0, 0.1) is 12.8 Å². The van der Waals surface area contributed by atoms with E-state index in [2.05, 4.69) is 9.97 Å². The average Bonchev–Trinajstić information content (AvgIpc) is 2.74. The number of aliphatic carboxylic acids is 1. The zero-order valence-corrected chi connectivity index (χ0v) is 11.0. The Kier molecular flexibility index (Phi) is 3.25. The maximum Gasteiger partial charge on any atom is 0.315 e. The highest BCUT2D eigenvalue weighted by atomic mass is 16.4. The van der Waals surface area contributed by atoms with Crippen LogP contribution in [0.1, 0.15) is 12.7 Å². The highest BCUT2D eigenvalue weighted by Gasteiger charge is 2.24. The fourth-order valence-corrected chi connectivity index (χ4v) is 1.86. The van der Waals surface area contributed by atoms with Crippen molar-refractivity contribution in [3.8, 4) is 0 Å². The van der Waals surface area contributed by atoms with Crippen molar-refractivity contribution in [1.82, 2.24) is 9.97 Å². The summed E-state index contributed by atoms with van der Waals surface area (Å²) in [5, 5.41) is 8.86.